The second-order valence-electron chi connectivity index (χ2n) is 4.62. The lowest BCUT2D eigenvalue weighted by Crippen LogP contribution is -2.01. The molecule has 0 aliphatic rings. The summed E-state index contributed by atoms with van der Waals surface area (Å²) in [4.78, 5) is 21.9. The molecule has 2 rings (SSSR count). The zero-order valence-corrected chi connectivity index (χ0v) is 11.0. The molecule has 0 amide bonds. The van der Waals surface area contributed by atoms with E-state index in [4.69, 9.17) is 5.11 Å². The normalized spacial score (nSPS) is 10.2. The van der Waals surface area contributed by atoms with Gasteiger partial charge in [0.25, 0.3) is 0 Å². The molecule has 0 fully saturated rings. The van der Waals surface area contributed by atoms with E-state index in [2.05, 4.69) is 0 Å². The molecule has 0 aromatic heterocycles. The first-order valence-corrected chi connectivity index (χ1v) is 6.12. The summed E-state index contributed by atoms with van der Waals surface area (Å²) in [5.74, 6) is -1.86. The van der Waals surface area contributed by atoms with Gasteiger partial charge < -0.3 is 10.2 Å². The molecule has 2 aromatic carbocycles. The van der Waals surface area contributed by atoms with Gasteiger partial charge in [-0.2, -0.15) is 0 Å². The Hall–Kier alpha value is -2.62. The summed E-state index contributed by atoms with van der Waals surface area (Å²) in [5.41, 5.74) is 3.20. The highest BCUT2D eigenvalue weighted by atomic mass is 16.4. The van der Waals surface area contributed by atoms with Crippen LogP contribution >= 0.6 is 0 Å². The Bertz CT molecular complexity index is 657. The van der Waals surface area contributed by atoms with Crippen molar-refractivity contribution < 1.29 is 19.8 Å². The van der Waals surface area contributed by atoms with E-state index in [0.29, 0.717) is 11.1 Å². The Kier molecular flexibility index (Phi) is 3.84. The molecule has 0 saturated carbocycles. The molecule has 0 aliphatic carbocycles. The molecular weight excluding hydrogens is 256 g/mol. The van der Waals surface area contributed by atoms with E-state index in [0.717, 1.165) is 11.1 Å². The quantitative estimate of drug-likeness (QED) is 0.895. The Morgan fingerprint density at radius 3 is 2.20 bits per heavy atom. The van der Waals surface area contributed by atoms with E-state index in [9.17, 15) is 14.7 Å². The van der Waals surface area contributed by atoms with Crippen LogP contribution in [0.3, 0.4) is 0 Å². The summed E-state index contributed by atoms with van der Waals surface area (Å²) in [7, 11) is 0. The standard InChI is InChI=1S/C16H14O4/c1-10-2-7-13(14(8-10)16(19)20)12-5-3-11(4-6-12)9-15(17)18/h2-8H,9H2,1H3,(H,17,18)(H,19,20). The zero-order chi connectivity index (χ0) is 14.7. The van der Waals surface area contributed by atoms with Gasteiger partial charge in [0.1, 0.15) is 0 Å². The molecule has 0 saturated heterocycles. The van der Waals surface area contributed by atoms with E-state index in [1.165, 1.54) is 0 Å². The lowest BCUT2D eigenvalue weighted by atomic mass is 9.96. The monoisotopic (exact) mass is 270 g/mol. The number of carboxylic acid groups (broad SMARTS) is 2. The maximum Gasteiger partial charge on any atom is 0.336 e. The van der Waals surface area contributed by atoms with Crippen molar-refractivity contribution >= 4 is 11.9 Å². The summed E-state index contributed by atoms with van der Waals surface area (Å²) in [6.07, 6.45) is -0.0417. The minimum absolute atomic E-state index is 0.0417. The first-order valence-electron chi connectivity index (χ1n) is 6.12. The first kappa shape index (κ1) is 13.8. The number of hydrogen-bond acceptors (Lipinski definition) is 2. The fraction of sp³-hybridized carbons (Fsp3) is 0.125. The van der Waals surface area contributed by atoms with Crippen molar-refractivity contribution in [3.05, 3.63) is 59.2 Å². The largest absolute Gasteiger partial charge is 0.481 e. The molecule has 0 atom stereocenters. The minimum Gasteiger partial charge on any atom is -0.481 e. The molecule has 0 bridgehead atoms. The van der Waals surface area contributed by atoms with Crippen molar-refractivity contribution in [1.82, 2.24) is 0 Å². The Morgan fingerprint density at radius 2 is 1.65 bits per heavy atom. The van der Waals surface area contributed by atoms with Gasteiger partial charge >= 0.3 is 11.9 Å². The van der Waals surface area contributed by atoms with Crippen LogP contribution in [0, 0.1) is 6.92 Å². The van der Waals surface area contributed by atoms with Crippen LogP contribution in [0.15, 0.2) is 42.5 Å². The first-order chi connectivity index (χ1) is 9.47. The van der Waals surface area contributed by atoms with Crippen molar-refractivity contribution in [1.29, 1.82) is 0 Å². The van der Waals surface area contributed by atoms with Crippen LogP contribution in [-0.4, -0.2) is 22.2 Å². The average Bonchev–Trinajstić information content (AvgIpc) is 2.39. The van der Waals surface area contributed by atoms with E-state index in [1.54, 1.807) is 36.4 Å². The van der Waals surface area contributed by atoms with Crippen LogP contribution in [0.5, 0.6) is 0 Å². The highest BCUT2D eigenvalue weighted by molar-refractivity contribution is 5.96. The van der Waals surface area contributed by atoms with Crippen molar-refractivity contribution in [2.45, 2.75) is 13.3 Å². The van der Waals surface area contributed by atoms with Gasteiger partial charge in [-0.05, 0) is 29.7 Å². The number of carbonyl (C=O) groups is 2. The van der Waals surface area contributed by atoms with E-state index >= 15 is 0 Å². The van der Waals surface area contributed by atoms with E-state index in [-0.39, 0.29) is 12.0 Å². The third kappa shape index (κ3) is 3.03. The molecule has 4 heteroatoms. The van der Waals surface area contributed by atoms with Gasteiger partial charge in [0, 0.05) is 0 Å². The second kappa shape index (κ2) is 5.57. The zero-order valence-electron chi connectivity index (χ0n) is 11.0. The van der Waals surface area contributed by atoms with Crippen LogP contribution in [0.2, 0.25) is 0 Å². The fourth-order valence-electron chi connectivity index (χ4n) is 2.06. The van der Waals surface area contributed by atoms with Gasteiger partial charge in [-0.1, -0.05) is 42.0 Å². The lowest BCUT2D eigenvalue weighted by Gasteiger charge is -2.08. The lowest BCUT2D eigenvalue weighted by molar-refractivity contribution is -0.136. The maximum absolute atomic E-state index is 11.3. The van der Waals surface area contributed by atoms with Crippen LogP contribution in [0.4, 0.5) is 0 Å². The molecule has 0 radical (unpaired) electrons. The van der Waals surface area contributed by atoms with Crippen molar-refractivity contribution in [3.63, 3.8) is 0 Å². The van der Waals surface area contributed by atoms with Crippen molar-refractivity contribution in [3.8, 4) is 11.1 Å². The molecule has 0 heterocycles. The Labute approximate surface area is 116 Å². The molecule has 0 unspecified atom stereocenters. The van der Waals surface area contributed by atoms with Crippen molar-refractivity contribution in [2.24, 2.45) is 0 Å². The molecule has 0 spiro atoms. The van der Waals surface area contributed by atoms with Gasteiger partial charge in [0.15, 0.2) is 0 Å². The average molecular weight is 270 g/mol. The van der Waals surface area contributed by atoms with Gasteiger partial charge in [-0.25, -0.2) is 4.79 Å². The number of benzene rings is 2. The van der Waals surface area contributed by atoms with Crippen LogP contribution < -0.4 is 0 Å². The second-order valence-corrected chi connectivity index (χ2v) is 4.62. The van der Waals surface area contributed by atoms with Gasteiger partial charge in [0.05, 0.1) is 12.0 Å². The summed E-state index contributed by atoms with van der Waals surface area (Å²) in [6, 6.07) is 12.1. The summed E-state index contributed by atoms with van der Waals surface area (Å²) >= 11 is 0. The summed E-state index contributed by atoms with van der Waals surface area (Å²) in [6.45, 7) is 1.84. The fourth-order valence-corrected chi connectivity index (χ4v) is 2.06. The number of aryl methyl sites for hydroxylation is 1. The van der Waals surface area contributed by atoms with Gasteiger partial charge in [-0.3, -0.25) is 4.79 Å². The highest BCUT2D eigenvalue weighted by Gasteiger charge is 2.12. The molecule has 20 heavy (non-hydrogen) atoms. The third-order valence-electron chi connectivity index (χ3n) is 3.03. The topological polar surface area (TPSA) is 74.6 Å². The summed E-state index contributed by atoms with van der Waals surface area (Å²) < 4.78 is 0. The van der Waals surface area contributed by atoms with Gasteiger partial charge in [-0.15, -0.1) is 0 Å². The number of carboxylic acids is 2. The number of aliphatic carboxylic acids is 1. The minimum atomic E-state index is -0.974. The number of rotatable bonds is 4. The number of hydrogen-bond donors (Lipinski definition) is 2. The Morgan fingerprint density at radius 1 is 1.00 bits per heavy atom. The molecule has 102 valence electrons. The predicted molar refractivity (Wildman–Crippen MR) is 74.9 cm³/mol. The molecular formula is C16H14O4. The maximum atomic E-state index is 11.3. The van der Waals surface area contributed by atoms with Crippen LogP contribution in [-0.2, 0) is 11.2 Å². The van der Waals surface area contributed by atoms with E-state index in [1.807, 2.05) is 13.0 Å². The Balaban J connectivity index is 2.41. The van der Waals surface area contributed by atoms with E-state index < -0.39 is 11.9 Å². The summed E-state index contributed by atoms with van der Waals surface area (Å²) in [5, 5.41) is 18.0. The molecule has 4 nitrogen and oxygen atoms in total. The third-order valence-corrected chi connectivity index (χ3v) is 3.03. The molecule has 2 aromatic rings. The number of aromatic carboxylic acids is 1. The molecule has 2 N–H and O–H groups in total. The van der Waals surface area contributed by atoms with Crippen LogP contribution in [0.1, 0.15) is 21.5 Å². The predicted octanol–water partition coefficient (Wildman–Crippen LogP) is 2.99. The smallest absolute Gasteiger partial charge is 0.336 e. The van der Waals surface area contributed by atoms with Crippen molar-refractivity contribution in [2.75, 3.05) is 0 Å². The SMILES string of the molecule is Cc1ccc(-c2ccc(CC(=O)O)cc2)c(C(=O)O)c1. The highest BCUT2D eigenvalue weighted by Crippen LogP contribution is 2.25. The molecule has 0 aliphatic heterocycles. The van der Waals surface area contributed by atoms with Crippen LogP contribution in [0.25, 0.3) is 11.1 Å². The van der Waals surface area contributed by atoms with Gasteiger partial charge in [0.2, 0.25) is 0 Å².